The van der Waals surface area contributed by atoms with Gasteiger partial charge in [0.2, 0.25) is 0 Å². The minimum Gasteiger partial charge on any atom is -0.493 e. The van der Waals surface area contributed by atoms with E-state index in [0.29, 0.717) is 0 Å². The molecule has 0 N–H and O–H groups in total. The van der Waals surface area contributed by atoms with E-state index in [-0.39, 0.29) is 0 Å². The van der Waals surface area contributed by atoms with Crippen LogP contribution in [0, 0.1) is 0 Å². The third-order valence-corrected chi connectivity index (χ3v) is 4.39. The lowest BCUT2D eigenvalue weighted by Crippen LogP contribution is -1.98. The van der Waals surface area contributed by atoms with Gasteiger partial charge < -0.3 is 4.74 Å². The van der Waals surface area contributed by atoms with Crippen molar-refractivity contribution in [2.24, 2.45) is 0 Å². The van der Waals surface area contributed by atoms with Crippen LogP contribution in [-0.4, -0.2) is 6.61 Å². The maximum Gasteiger partial charge on any atom is 0.126 e. The molecular formula is C22H36O. The van der Waals surface area contributed by atoms with E-state index in [1.165, 1.54) is 70.6 Å². The molecule has 1 rings (SSSR count). The molecule has 0 aliphatic carbocycles. The summed E-state index contributed by atoms with van der Waals surface area (Å²) in [5.74, 6) is 0.963. The Hall–Kier alpha value is -1.24. The number of hydrogen-bond acceptors (Lipinski definition) is 1. The van der Waals surface area contributed by atoms with E-state index in [1.807, 2.05) is 30.3 Å². The highest BCUT2D eigenvalue weighted by Gasteiger charge is 1.99. The Morgan fingerprint density at radius 2 is 1.30 bits per heavy atom. The van der Waals surface area contributed by atoms with Crippen LogP contribution in [0.3, 0.4) is 0 Å². The Bertz CT molecular complexity index is 397. The van der Waals surface area contributed by atoms with Crippen molar-refractivity contribution in [1.82, 2.24) is 0 Å². The standard InChI is InChI=1S/C22H36O/c1-3-5-6-7-8-9-10-11-12-13-14-17-20-23-22-19-16-15-18-21(22)4-2/h4,15-16,18-19H,2-3,5-14,17,20H2,1H3. The first-order valence-electron chi connectivity index (χ1n) is 9.72. The van der Waals surface area contributed by atoms with Crippen molar-refractivity contribution in [3.8, 4) is 5.75 Å². The smallest absolute Gasteiger partial charge is 0.126 e. The average Bonchev–Trinajstić information content (AvgIpc) is 2.59. The van der Waals surface area contributed by atoms with Gasteiger partial charge in [0.15, 0.2) is 0 Å². The second-order valence-electron chi connectivity index (χ2n) is 6.48. The van der Waals surface area contributed by atoms with Crippen molar-refractivity contribution in [3.05, 3.63) is 36.4 Å². The number of para-hydroxylation sites is 1. The van der Waals surface area contributed by atoms with Gasteiger partial charge in [-0.3, -0.25) is 0 Å². The number of rotatable bonds is 15. The van der Waals surface area contributed by atoms with Gasteiger partial charge in [-0.25, -0.2) is 0 Å². The van der Waals surface area contributed by atoms with Crippen LogP contribution in [0.2, 0.25) is 0 Å². The van der Waals surface area contributed by atoms with E-state index in [2.05, 4.69) is 13.5 Å². The maximum absolute atomic E-state index is 5.85. The third-order valence-electron chi connectivity index (χ3n) is 4.39. The molecule has 0 unspecified atom stereocenters. The van der Waals surface area contributed by atoms with Crippen LogP contribution in [0.5, 0.6) is 5.75 Å². The molecule has 1 nitrogen and oxygen atoms in total. The van der Waals surface area contributed by atoms with Gasteiger partial charge in [0, 0.05) is 5.56 Å². The fourth-order valence-corrected chi connectivity index (χ4v) is 2.91. The van der Waals surface area contributed by atoms with Gasteiger partial charge in [0.05, 0.1) is 6.61 Å². The molecule has 0 aliphatic heterocycles. The Morgan fingerprint density at radius 3 is 1.87 bits per heavy atom. The van der Waals surface area contributed by atoms with Crippen LogP contribution in [0.1, 0.15) is 89.5 Å². The molecule has 130 valence electrons. The van der Waals surface area contributed by atoms with Crippen molar-refractivity contribution in [2.75, 3.05) is 6.61 Å². The van der Waals surface area contributed by atoms with Crippen LogP contribution in [0.15, 0.2) is 30.8 Å². The van der Waals surface area contributed by atoms with Gasteiger partial charge >= 0.3 is 0 Å². The summed E-state index contributed by atoms with van der Waals surface area (Å²) in [5.41, 5.74) is 1.09. The van der Waals surface area contributed by atoms with Gasteiger partial charge in [-0.05, 0) is 12.5 Å². The fraction of sp³-hybridized carbons (Fsp3) is 0.636. The lowest BCUT2D eigenvalue weighted by Gasteiger charge is -2.08. The number of ether oxygens (including phenoxy) is 1. The summed E-state index contributed by atoms with van der Waals surface area (Å²) in [5, 5.41) is 0. The van der Waals surface area contributed by atoms with Crippen molar-refractivity contribution in [3.63, 3.8) is 0 Å². The quantitative estimate of drug-likeness (QED) is 0.306. The first-order chi connectivity index (χ1) is 11.4. The molecular weight excluding hydrogens is 280 g/mol. The van der Waals surface area contributed by atoms with E-state index in [0.717, 1.165) is 24.3 Å². The van der Waals surface area contributed by atoms with E-state index in [9.17, 15) is 0 Å². The average molecular weight is 317 g/mol. The molecule has 0 spiro atoms. The zero-order chi connectivity index (χ0) is 16.6. The molecule has 0 saturated carbocycles. The zero-order valence-electron chi connectivity index (χ0n) is 15.2. The second-order valence-corrected chi connectivity index (χ2v) is 6.48. The molecule has 1 aromatic carbocycles. The Morgan fingerprint density at radius 1 is 0.783 bits per heavy atom. The summed E-state index contributed by atoms with van der Waals surface area (Å²) in [6.45, 7) is 6.93. The first-order valence-corrected chi connectivity index (χ1v) is 9.72. The lowest BCUT2D eigenvalue weighted by molar-refractivity contribution is 0.303. The number of hydrogen-bond donors (Lipinski definition) is 0. The summed E-state index contributed by atoms with van der Waals surface area (Å²) >= 11 is 0. The van der Waals surface area contributed by atoms with Crippen LogP contribution in [0.4, 0.5) is 0 Å². The molecule has 0 saturated heterocycles. The normalized spacial score (nSPS) is 10.7. The predicted octanol–water partition coefficient (Wildman–Crippen LogP) is 7.41. The molecule has 0 amide bonds. The molecule has 0 radical (unpaired) electrons. The monoisotopic (exact) mass is 316 g/mol. The summed E-state index contributed by atoms with van der Waals surface area (Å²) in [4.78, 5) is 0. The van der Waals surface area contributed by atoms with Crippen molar-refractivity contribution in [2.45, 2.75) is 84.0 Å². The van der Waals surface area contributed by atoms with E-state index >= 15 is 0 Å². The summed E-state index contributed by atoms with van der Waals surface area (Å²) in [6, 6.07) is 8.11. The summed E-state index contributed by atoms with van der Waals surface area (Å²) in [7, 11) is 0. The highest BCUT2D eigenvalue weighted by Crippen LogP contribution is 2.19. The minimum atomic E-state index is 0.822. The van der Waals surface area contributed by atoms with Crippen molar-refractivity contribution >= 4 is 6.08 Å². The topological polar surface area (TPSA) is 9.23 Å². The van der Waals surface area contributed by atoms with Gasteiger partial charge in [0.25, 0.3) is 0 Å². The van der Waals surface area contributed by atoms with Crippen molar-refractivity contribution in [1.29, 1.82) is 0 Å². The Kier molecular flexibility index (Phi) is 12.4. The highest BCUT2D eigenvalue weighted by atomic mass is 16.5. The summed E-state index contributed by atoms with van der Waals surface area (Å²) in [6.07, 6.45) is 18.4. The van der Waals surface area contributed by atoms with Crippen molar-refractivity contribution < 1.29 is 4.74 Å². The number of unbranched alkanes of at least 4 members (excludes halogenated alkanes) is 11. The van der Waals surface area contributed by atoms with Crippen LogP contribution in [-0.2, 0) is 0 Å². The molecule has 0 bridgehead atoms. The highest BCUT2D eigenvalue weighted by molar-refractivity contribution is 5.55. The zero-order valence-corrected chi connectivity index (χ0v) is 15.2. The predicted molar refractivity (Wildman–Crippen MR) is 103 cm³/mol. The largest absolute Gasteiger partial charge is 0.493 e. The SMILES string of the molecule is C=Cc1ccccc1OCCCCCCCCCCCCCC. The second kappa shape index (κ2) is 14.4. The fourth-order valence-electron chi connectivity index (χ4n) is 2.91. The van der Waals surface area contributed by atoms with Gasteiger partial charge in [-0.15, -0.1) is 0 Å². The molecule has 0 atom stereocenters. The number of benzene rings is 1. The summed E-state index contributed by atoms with van der Waals surface area (Å²) < 4.78 is 5.85. The molecule has 0 aromatic heterocycles. The maximum atomic E-state index is 5.85. The first kappa shape index (κ1) is 19.8. The van der Waals surface area contributed by atoms with E-state index in [4.69, 9.17) is 4.74 Å². The van der Waals surface area contributed by atoms with E-state index < -0.39 is 0 Å². The third kappa shape index (κ3) is 10.2. The molecule has 0 fully saturated rings. The van der Waals surface area contributed by atoms with Crippen LogP contribution >= 0.6 is 0 Å². The van der Waals surface area contributed by atoms with Crippen LogP contribution < -0.4 is 4.74 Å². The molecule has 1 aromatic rings. The van der Waals surface area contributed by atoms with Crippen LogP contribution in [0.25, 0.3) is 6.08 Å². The minimum absolute atomic E-state index is 0.822. The molecule has 0 heterocycles. The lowest BCUT2D eigenvalue weighted by atomic mass is 10.1. The molecule has 1 heteroatoms. The van der Waals surface area contributed by atoms with E-state index in [1.54, 1.807) is 0 Å². The van der Waals surface area contributed by atoms with Gasteiger partial charge in [-0.2, -0.15) is 0 Å². The molecule has 0 aliphatic rings. The Labute approximate surface area is 144 Å². The van der Waals surface area contributed by atoms with Gasteiger partial charge in [0.1, 0.15) is 5.75 Å². The molecule has 23 heavy (non-hydrogen) atoms. The Balaban J connectivity index is 1.87. The van der Waals surface area contributed by atoms with Gasteiger partial charge in [-0.1, -0.05) is 108 Å².